The summed E-state index contributed by atoms with van der Waals surface area (Å²) in [6.07, 6.45) is -1.73. The van der Waals surface area contributed by atoms with Crippen molar-refractivity contribution in [2.75, 3.05) is 0 Å². The zero-order valence-corrected chi connectivity index (χ0v) is 14.6. The fourth-order valence-electron chi connectivity index (χ4n) is 1.92. The molecular weight excluding hydrogens is 371 g/mol. The van der Waals surface area contributed by atoms with Gasteiger partial charge in [-0.15, -0.1) is 5.10 Å². The topological polar surface area (TPSA) is 76.5 Å². The van der Waals surface area contributed by atoms with Crippen molar-refractivity contribution in [3.63, 3.8) is 0 Å². The van der Waals surface area contributed by atoms with Gasteiger partial charge >= 0.3 is 6.18 Å². The molecule has 0 spiro atoms. The Morgan fingerprint density at radius 1 is 1.27 bits per heavy atom. The maximum atomic E-state index is 11.9. The number of aromatic nitrogens is 5. The van der Waals surface area contributed by atoms with Crippen molar-refractivity contribution in [2.45, 2.75) is 26.4 Å². The van der Waals surface area contributed by atoms with Gasteiger partial charge in [-0.1, -0.05) is 29.8 Å². The fraction of sp³-hybridized carbons (Fsp3) is 0.250. The molecule has 0 aliphatic rings. The summed E-state index contributed by atoms with van der Waals surface area (Å²) in [6.45, 7) is 3.72. The van der Waals surface area contributed by atoms with Crippen molar-refractivity contribution in [1.82, 2.24) is 25.0 Å². The van der Waals surface area contributed by atoms with Crippen LogP contribution in [0, 0.1) is 6.92 Å². The van der Waals surface area contributed by atoms with Crippen LogP contribution in [0.4, 0.5) is 13.2 Å². The average Bonchev–Trinajstić information content (AvgIpc) is 3.03. The van der Waals surface area contributed by atoms with Gasteiger partial charge in [-0.25, -0.2) is 9.67 Å². The summed E-state index contributed by atoms with van der Waals surface area (Å²) in [5, 5.41) is 7.92. The Hall–Kier alpha value is -2.68. The number of rotatable bonds is 2. The van der Waals surface area contributed by atoms with Crippen LogP contribution < -0.4 is 5.56 Å². The summed E-state index contributed by atoms with van der Waals surface area (Å²) in [7, 11) is 0. The predicted molar refractivity (Wildman–Crippen MR) is 90.3 cm³/mol. The number of hydrogen-bond acceptors (Lipinski definition) is 4. The molecule has 0 unspecified atom stereocenters. The molecule has 1 aromatic carbocycles. The van der Waals surface area contributed by atoms with Gasteiger partial charge in [0.15, 0.2) is 5.82 Å². The Morgan fingerprint density at radius 2 is 2.00 bits per heavy atom. The zero-order chi connectivity index (χ0) is 19.3. The number of alkyl halides is 3. The number of nitrogens with one attached hydrogen (secondary N) is 1. The van der Waals surface area contributed by atoms with Crippen LogP contribution in [0.3, 0.4) is 0 Å². The smallest absolute Gasteiger partial charge is 0.311 e. The van der Waals surface area contributed by atoms with Gasteiger partial charge in [-0.05, 0) is 31.5 Å². The predicted octanol–water partition coefficient (Wildman–Crippen LogP) is 3.58. The van der Waals surface area contributed by atoms with Crippen LogP contribution in [-0.4, -0.2) is 25.0 Å². The van der Waals surface area contributed by atoms with Crippen LogP contribution in [0.5, 0.6) is 0 Å². The lowest BCUT2D eigenvalue weighted by Gasteiger charge is -2.05. The van der Waals surface area contributed by atoms with E-state index in [0.717, 1.165) is 24.2 Å². The first kappa shape index (κ1) is 19.6. The molecule has 0 aliphatic heterocycles. The van der Waals surface area contributed by atoms with Crippen LogP contribution in [-0.2, 0) is 12.6 Å². The summed E-state index contributed by atoms with van der Waals surface area (Å²) >= 11 is 5.35. The molecule has 6 nitrogen and oxygen atoms in total. The molecule has 26 heavy (non-hydrogen) atoms. The molecule has 3 aromatic rings. The molecule has 0 saturated carbocycles. The van der Waals surface area contributed by atoms with Crippen molar-refractivity contribution >= 4 is 11.6 Å². The first-order chi connectivity index (χ1) is 12.2. The summed E-state index contributed by atoms with van der Waals surface area (Å²) in [4.78, 5) is 17.9. The van der Waals surface area contributed by atoms with E-state index in [1.807, 2.05) is 6.92 Å². The molecule has 138 valence electrons. The van der Waals surface area contributed by atoms with E-state index in [0.29, 0.717) is 11.6 Å². The van der Waals surface area contributed by atoms with Crippen molar-refractivity contribution in [3.05, 3.63) is 69.0 Å². The highest BCUT2D eigenvalue weighted by atomic mass is 35.5. The van der Waals surface area contributed by atoms with Crippen LogP contribution in [0.25, 0.3) is 5.82 Å². The number of benzene rings is 1. The molecule has 0 saturated heterocycles. The Balaban J connectivity index is 0.000000197. The second kappa shape index (κ2) is 8.13. The highest BCUT2D eigenvalue weighted by Crippen LogP contribution is 2.30. The van der Waals surface area contributed by atoms with Gasteiger partial charge in [-0.3, -0.25) is 4.79 Å². The minimum absolute atomic E-state index is 0.0971. The van der Waals surface area contributed by atoms with Gasteiger partial charge in [0.25, 0.3) is 5.56 Å². The summed E-state index contributed by atoms with van der Waals surface area (Å²) < 4.78 is 37.2. The lowest BCUT2D eigenvalue weighted by molar-refractivity contribution is -0.137. The maximum absolute atomic E-state index is 11.9. The van der Waals surface area contributed by atoms with E-state index in [-0.39, 0.29) is 10.6 Å². The van der Waals surface area contributed by atoms with E-state index in [2.05, 4.69) is 20.3 Å². The molecule has 2 aromatic heterocycles. The van der Waals surface area contributed by atoms with E-state index >= 15 is 0 Å². The quantitative estimate of drug-likeness (QED) is 0.731. The number of aryl methyl sites for hydroxylation is 2. The van der Waals surface area contributed by atoms with Crippen LogP contribution in [0.15, 0.2) is 41.3 Å². The second-order valence-electron chi connectivity index (χ2n) is 5.21. The maximum Gasteiger partial charge on any atom is 0.416 e. The van der Waals surface area contributed by atoms with Gasteiger partial charge in [0.1, 0.15) is 5.82 Å². The van der Waals surface area contributed by atoms with Crippen molar-refractivity contribution in [3.8, 4) is 5.82 Å². The largest absolute Gasteiger partial charge is 0.416 e. The van der Waals surface area contributed by atoms with Gasteiger partial charge in [0.2, 0.25) is 0 Å². The second-order valence-corrected chi connectivity index (χ2v) is 5.64. The molecule has 0 amide bonds. The van der Waals surface area contributed by atoms with Gasteiger partial charge in [-0.2, -0.15) is 13.2 Å². The molecule has 0 radical (unpaired) electrons. The molecule has 1 N–H and O–H groups in total. The van der Waals surface area contributed by atoms with E-state index in [1.165, 1.54) is 22.9 Å². The van der Waals surface area contributed by atoms with Crippen LogP contribution in [0.1, 0.15) is 24.0 Å². The molecule has 0 fully saturated rings. The van der Waals surface area contributed by atoms with Gasteiger partial charge < -0.3 is 4.98 Å². The van der Waals surface area contributed by atoms with Gasteiger partial charge in [0.05, 0.1) is 17.5 Å². The highest BCUT2D eigenvalue weighted by molar-refractivity contribution is 6.30. The minimum atomic E-state index is -4.30. The van der Waals surface area contributed by atoms with Crippen molar-refractivity contribution in [1.29, 1.82) is 0 Å². The summed E-state index contributed by atoms with van der Waals surface area (Å²) in [6, 6.07) is 5.93. The first-order valence-electron chi connectivity index (χ1n) is 7.51. The van der Waals surface area contributed by atoms with E-state index < -0.39 is 11.7 Å². The summed E-state index contributed by atoms with van der Waals surface area (Å²) in [5.74, 6) is 1.05. The first-order valence-corrected chi connectivity index (χ1v) is 7.89. The standard InChI is InChI=1S/C9H11N5O.C7H4ClF3/c1-3-7-5-14(13-12-7)8-4-9(15)11-6(2)10-8;8-6-3-1-2-5(4-6)7(9,10)11/h4-5H,3H2,1-2H3,(H,10,11,15);1-4H. The number of hydrogen-bond donors (Lipinski definition) is 1. The highest BCUT2D eigenvalue weighted by Gasteiger charge is 2.30. The van der Waals surface area contributed by atoms with E-state index in [4.69, 9.17) is 11.6 Å². The lowest BCUT2D eigenvalue weighted by atomic mass is 10.2. The summed E-state index contributed by atoms with van der Waals surface area (Å²) in [5.41, 5.74) is -0.0363. The minimum Gasteiger partial charge on any atom is -0.311 e. The Bertz CT molecular complexity index is 936. The molecule has 0 atom stereocenters. The molecule has 0 bridgehead atoms. The van der Waals surface area contributed by atoms with Gasteiger partial charge in [0, 0.05) is 11.1 Å². The number of H-pyrrole nitrogens is 1. The Labute approximate surface area is 151 Å². The number of halogens is 4. The number of aromatic amines is 1. The normalized spacial score (nSPS) is 11.0. The van der Waals surface area contributed by atoms with Crippen molar-refractivity contribution < 1.29 is 13.2 Å². The zero-order valence-electron chi connectivity index (χ0n) is 13.9. The van der Waals surface area contributed by atoms with Crippen molar-refractivity contribution in [2.24, 2.45) is 0 Å². The average molecular weight is 386 g/mol. The third kappa shape index (κ3) is 5.41. The van der Waals surface area contributed by atoms with Crippen LogP contribution >= 0.6 is 11.6 Å². The molecule has 3 rings (SSSR count). The van der Waals surface area contributed by atoms with E-state index in [9.17, 15) is 18.0 Å². The third-order valence-electron chi connectivity index (χ3n) is 3.14. The lowest BCUT2D eigenvalue weighted by Crippen LogP contribution is -2.12. The third-order valence-corrected chi connectivity index (χ3v) is 3.37. The van der Waals surface area contributed by atoms with E-state index in [1.54, 1.807) is 13.1 Å². The monoisotopic (exact) mass is 385 g/mol. The fourth-order valence-corrected chi connectivity index (χ4v) is 2.11. The Kier molecular flexibility index (Phi) is 6.14. The number of nitrogens with zero attached hydrogens (tertiary/aromatic N) is 4. The molecule has 10 heteroatoms. The molecule has 2 heterocycles. The SMILES string of the molecule is CCc1cn(-c2cc(=O)[nH]c(C)n2)nn1.FC(F)(F)c1cccc(Cl)c1. The van der Waals surface area contributed by atoms with Crippen LogP contribution in [0.2, 0.25) is 5.02 Å². The Morgan fingerprint density at radius 3 is 2.50 bits per heavy atom. The molecular formula is C16H15ClF3N5O. The molecule has 0 aliphatic carbocycles.